The first-order valence-corrected chi connectivity index (χ1v) is 9.70. The fraction of sp³-hybridized carbons (Fsp3) is 0.158. The molecule has 0 bridgehead atoms. The molecule has 0 unspecified atom stereocenters. The molecule has 2 aromatic rings. The van der Waals surface area contributed by atoms with Gasteiger partial charge in [0.1, 0.15) is 0 Å². The summed E-state index contributed by atoms with van der Waals surface area (Å²) in [5, 5.41) is 3.31. The second-order valence-corrected chi connectivity index (χ2v) is 7.14. The Bertz CT molecular complexity index is 803. The molecule has 0 radical (unpaired) electrons. The molecular formula is C19H18Cl2N2O2S. The molecule has 2 rings (SSSR count). The van der Waals surface area contributed by atoms with Crippen LogP contribution in [-0.2, 0) is 9.59 Å². The van der Waals surface area contributed by atoms with E-state index >= 15 is 0 Å². The highest BCUT2D eigenvalue weighted by atomic mass is 35.5. The van der Waals surface area contributed by atoms with E-state index in [9.17, 15) is 9.59 Å². The smallest absolute Gasteiger partial charge is 0.246 e. The van der Waals surface area contributed by atoms with Gasteiger partial charge < -0.3 is 10.2 Å². The maximum atomic E-state index is 12.2. The van der Waals surface area contributed by atoms with E-state index < -0.39 is 0 Å². The predicted octanol–water partition coefficient (Wildman–Crippen LogP) is 4.83. The summed E-state index contributed by atoms with van der Waals surface area (Å²) in [4.78, 5) is 26.8. The second-order valence-electron chi connectivity index (χ2n) is 5.45. The number of nitrogens with one attached hydrogen (secondary N) is 1. The van der Waals surface area contributed by atoms with Crippen LogP contribution in [0.25, 0.3) is 6.08 Å². The number of carbonyl (C=O) groups is 2. The van der Waals surface area contributed by atoms with Crippen molar-refractivity contribution in [3.05, 3.63) is 64.1 Å². The molecule has 0 aromatic heterocycles. The monoisotopic (exact) mass is 408 g/mol. The molecular weight excluding hydrogens is 391 g/mol. The maximum absolute atomic E-state index is 12.2. The van der Waals surface area contributed by atoms with Gasteiger partial charge in [-0.25, -0.2) is 0 Å². The van der Waals surface area contributed by atoms with E-state index in [1.165, 1.54) is 11.0 Å². The van der Waals surface area contributed by atoms with Gasteiger partial charge in [-0.1, -0.05) is 41.4 Å². The fourth-order valence-electron chi connectivity index (χ4n) is 2.10. The molecule has 4 nitrogen and oxygen atoms in total. The van der Waals surface area contributed by atoms with Crippen LogP contribution in [0.15, 0.2) is 53.4 Å². The first kappa shape index (κ1) is 20.4. The molecule has 1 N–H and O–H groups in total. The van der Waals surface area contributed by atoms with Gasteiger partial charge in [-0.2, -0.15) is 0 Å². The summed E-state index contributed by atoms with van der Waals surface area (Å²) >= 11 is 13.7. The number of para-hydroxylation sites is 1. The Labute approximate surface area is 167 Å². The first-order valence-electron chi connectivity index (χ1n) is 7.72. The minimum Gasteiger partial charge on any atom is -0.333 e. The molecule has 136 valence electrons. The van der Waals surface area contributed by atoms with Gasteiger partial charge in [0.2, 0.25) is 11.8 Å². The third-order valence-electron chi connectivity index (χ3n) is 3.52. The van der Waals surface area contributed by atoms with E-state index in [4.69, 9.17) is 23.2 Å². The van der Waals surface area contributed by atoms with Crippen molar-refractivity contribution in [1.82, 2.24) is 4.90 Å². The summed E-state index contributed by atoms with van der Waals surface area (Å²) < 4.78 is 0. The van der Waals surface area contributed by atoms with Crippen molar-refractivity contribution in [3.8, 4) is 0 Å². The van der Waals surface area contributed by atoms with Crippen LogP contribution in [0.4, 0.5) is 5.69 Å². The molecule has 2 aromatic carbocycles. The molecule has 26 heavy (non-hydrogen) atoms. The fourth-order valence-corrected chi connectivity index (χ4v) is 3.00. The molecule has 0 aliphatic heterocycles. The predicted molar refractivity (Wildman–Crippen MR) is 110 cm³/mol. The molecule has 0 fully saturated rings. The maximum Gasteiger partial charge on any atom is 0.246 e. The lowest BCUT2D eigenvalue weighted by atomic mass is 10.2. The Morgan fingerprint density at radius 3 is 2.31 bits per heavy atom. The molecule has 7 heteroatoms. The zero-order valence-electron chi connectivity index (χ0n) is 14.3. The quantitative estimate of drug-likeness (QED) is 0.550. The topological polar surface area (TPSA) is 49.4 Å². The van der Waals surface area contributed by atoms with Crippen LogP contribution < -0.4 is 5.32 Å². The van der Waals surface area contributed by atoms with Gasteiger partial charge in [0.15, 0.2) is 0 Å². The SMILES string of the molecule is CSc1ccc(/C=C/C(=O)N(C)CC(=O)Nc2c(Cl)cccc2Cl)cc1. The third kappa shape index (κ3) is 5.80. The van der Waals surface area contributed by atoms with Crippen molar-refractivity contribution >= 4 is 58.5 Å². The standard InChI is InChI=1S/C19H18Cl2N2O2S/c1-23(12-17(24)22-19-15(20)4-3-5-16(19)21)18(25)11-8-13-6-9-14(26-2)10-7-13/h3-11H,12H2,1-2H3,(H,22,24)/b11-8+. The number of hydrogen-bond donors (Lipinski definition) is 1. The number of amides is 2. The van der Waals surface area contributed by atoms with Crippen molar-refractivity contribution in [2.24, 2.45) is 0 Å². The number of hydrogen-bond acceptors (Lipinski definition) is 3. The van der Waals surface area contributed by atoms with Crippen molar-refractivity contribution in [3.63, 3.8) is 0 Å². The molecule has 0 saturated heterocycles. The Kier molecular flexibility index (Phi) is 7.57. The molecule has 0 heterocycles. The summed E-state index contributed by atoms with van der Waals surface area (Å²) in [5.41, 5.74) is 1.25. The molecule has 0 aliphatic rings. The lowest BCUT2D eigenvalue weighted by Gasteiger charge is -2.15. The number of benzene rings is 2. The Morgan fingerprint density at radius 1 is 1.12 bits per heavy atom. The second kappa shape index (κ2) is 9.67. The van der Waals surface area contributed by atoms with Crippen LogP contribution in [0.3, 0.4) is 0 Å². The summed E-state index contributed by atoms with van der Waals surface area (Å²) in [6.07, 6.45) is 5.15. The first-order chi connectivity index (χ1) is 12.4. The van der Waals surface area contributed by atoms with E-state index in [-0.39, 0.29) is 18.4 Å². The lowest BCUT2D eigenvalue weighted by molar-refractivity contribution is -0.129. The van der Waals surface area contributed by atoms with Crippen LogP contribution in [0, 0.1) is 0 Å². The van der Waals surface area contributed by atoms with E-state index in [2.05, 4.69) is 5.32 Å². The molecule has 0 saturated carbocycles. The summed E-state index contributed by atoms with van der Waals surface area (Å²) in [6.45, 7) is -0.115. The zero-order valence-corrected chi connectivity index (χ0v) is 16.7. The van der Waals surface area contributed by atoms with E-state index in [1.54, 1.807) is 43.1 Å². The van der Waals surface area contributed by atoms with Crippen LogP contribution in [0.1, 0.15) is 5.56 Å². The number of nitrogens with zero attached hydrogens (tertiary/aromatic N) is 1. The average Bonchev–Trinajstić information content (AvgIpc) is 2.63. The molecule has 2 amide bonds. The van der Waals surface area contributed by atoms with Crippen LogP contribution in [0.5, 0.6) is 0 Å². The number of halogens is 2. The summed E-state index contributed by atoms with van der Waals surface area (Å²) in [7, 11) is 1.55. The number of thioether (sulfide) groups is 1. The van der Waals surface area contributed by atoms with Gasteiger partial charge in [0.05, 0.1) is 22.3 Å². The van der Waals surface area contributed by atoms with Crippen LogP contribution >= 0.6 is 35.0 Å². The van der Waals surface area contributed by atoms with Gasteiger partial charge in [-0.05, 0) is 42.2 Å². The van der Waals surface area contributed by atoms with Crippen molar-refractivity contribution < 1.29 is 9.59 Å². The van der Waals surface area contributed by atoms with Gasteiger partial charge in [-0.15, -0.1) is 11.8 Å². The van der Waals surface area contributed by atoms with Crippen LogP contribution in [-0.4, -0.2) is 36.6 Å². The Hall–Kier alpha value is -1.95. The molecule has 0 spiro atoms. The van der Waals surface area contributed by atoms with Gasteiger partial charge >= 0.3 is 0 Å². The number of rotatable bonds is 6. The number of carbonyl (C=O) groups excluding carboxylic acids is 2. The zero-order chi connectivity index (χ0) is 19.1. The summed E-state index contributed by atoms with van der Waals surface area (Å²) in [6, 6.07) is 12.8. The minimum absolute atomic E-state index is 0.115. The highest BCUT2D eigenvalue weighted by molar-refractivity contribution is 7.98. The van der Waals surface area contributed by atoms with Crippen molar-refractivity contribution in [1.29, 1.82) is 0 Å². The normalized spacial score (nSPS) is 10.8. The third-order valence-corrected chi connectivity index (χ3v) is 4.89. The van der Waals surface area contributed by atoms with E-state index in [0.717, 1.165) is 10.5 Å². The molecule has 0 aliphatic carbocycles. The highest BCUT2D eigenvalue weighted by Gasteiger charge is 2.13. The average molecular weight is 409 g/mol. The number of likely N-dealkylation sites (N-methyl/N-ethyl adjacent to an activating group) is 1. The van der Waals surface area contributed by atoms with Gasteiger partial charge in [0.25, 0.3) is 0 Å². The van der Waals surface area contributed by atoms with Gasteiger partial charge in [0, 0.05) is 18.0 Å². The van der Waals surface area contributed by atoms with E-state index in [0.29, 0.717) is 15.7 Å². The molecule has 0 atom stereocenters. The van der Waals surface area contributed by atoms with Crippen molar-refractivity contribution in [2.75, 3.05) is 25.2 Å². The Balaban J connectivity index is 1.93. The van der Waals surface area contributed by atoms with Crippen LogP contribution in [0.2, 0.25) is 10.0 Å². The largest absolute Gasteiger partial charge is 0.333 e. The van der Waals surface area contributed by atoms with Crippen molar-refractivity contribution in [2.45, 2.75) is 4.90 Å². The van der Waals surface area contributed by atoms with Gasteiger partial charge in [-0.3, -0.25) is 9.59 Å². The number of anilines is 1. The lowest BCUT2D eigenvalue weighted by Crippen LogP contribution is -2.34. The highest BCUT2D eigenvalue weighted by Crippen LogP contribution is 2.29. The summed E-state index contributed by atoms with van der Waals surface area (Å²) in [5.74, 6) is -0.659. The Morgan fingerprint density at radius 2 is 1.73 bits per heavy atom. The minimum atomic E-state index is -0.381. The van der Waals surface area contributed by atoms with E-state index in [1.807, 2.05) is 30.5 Å².